The average Bonchev–Trinajstić information content (AvgIpc) is 3.16. The fraction of sp³-hybridized carbons (Fsp3) is 0.125. The van der Waals surface area contributed by atoms with Gasteiger partial charge in [0.2, 0.25) is 5.91 Å². The molecule has 4 rings (SSSR count). The van der Waals surface area contributed by atoms with E-state index >= 15 is 0 Å². The van der Waals surface area contributed by atoms with Gasteiger partial charge in [-0.1, -0.05) is 83.5 Å². The van der Waals surface area contributed by atoms with Gasteiger partial charge >= 0.3 is 0 Å². The molecule has 0 fully saturated rings. The molecule has 0 saturated heterocycles. The summed E-state index contributed by atoms with van der Waals surface area (Å²) in [6.07, 6.45) is 2.43. The number of halogens is 2. The molecule has 1 N–H and O–H groups in total. The number of nitrogens with zero attached hydrogens (tertiary/aromatic N) is 3. The number of benzene rings is 3. The van der Waals surface area contributed by atoms with E-state index in [9.17, 15) is 4.79 Å². The number of hydrogen-bond acceptors (Lipinski definition) is 4. The third-order valence-corrected chi connectivity index (χ3v) is 6.39. The lowest BCUT2D eigenvalue weighted by molar-refractivity contribution is -0.113. The highest BCUT2D eigenvalue weighted by molar-refractivity contribution is 7.99. The van der Waals surface area contributed by atoms with Gasteiger partial charge < -0.3 is 9.88 Å². The maximum atomic E-state index is 12.4. The van der Waals surface area contributed by atoms with Gasteiger partial charge in [-0.2, -0.15) is 0 Å². The minimum Gasteiger partial charge on any atom is -0.324 e. The molecule has 32 heavy (non-hydrogen) atoms. The molecule has 162 valence electrons. The summed E-state index contributed by atoms with van der Waals surface area (Å²) in [4.78, 5) is 12.4. The molecule has 0 aliphatic heterocycles. The van der Waals surface area contributed by atoms with Gasteiger partial charge in [-0.05, 0) is 34.5 Å². The topological polar surface area (TPSA) is 59.8 Å². The van der Waals surface area contributed by atoms with Crippen LogP contribution in [0.1, 0.15) is 11.4 Å². The van der Waals surface area contributed by atoms with Crippen LogP contribution in [0.25, 0.3) is 10.8 Å². The average molecular weight is 483 g/mol. The fourth-order valence-electron chi connectivity index (χ4n) is 3.39. The number of anilines is 1. The number of carbonyl (C=O) groups excluding carboxylic acids is 1. The van der Waals surface area contributed by atoms with Crippen LogP contribution in [0.15, 0.2) is 78.5 Å². The van der Waals surface area contributed by atoms with Gasteiger partial charge in [0.25, 0.3) is 0 Å². The van der Waals surface area contributed by atoms with Gasteiger partial charge in [0, 0.05) is 18.0 Å². The van der Waals surface area contributed by atoms with E-state index in [0.717, 1.165) is 5.82 Å². The lowest BCUT2D eigenvalue weighted by Crippen LogP contribution is -2.15. The molecular formula is C24H20Cl2N4OS. The normalized spacial score (nSPS) is 10.9. The predicted molar refractivity (Wildman–Crippen MR) is 133 cm³/mol. The van der Waals surface area contributed by atoms with Gasteiger partial charge in [0.05, 0.1) is 16.5 Å². The molecule has 1 heterocycles. The van der Waals surface area contributed by atoms with Gasteiger partial charge in [-0.15, -0.1) is 16.8 Å². The zero-order chi connectivity index (χ0) is 22.5. The maximum absolute atomic E-state index is 12.4. The Hall–Kier alpha value is -2.80. The van der Waals surface area contributed by atoms with Crippen molar-refractivity contribution in [2.75, 3.05) is 11.1 Å². The lowest BCUT2D eigenvalue weighted by Gasteiger charge is -2.10. The summed E-state index contributed by atoms with van der Waals surface area (Å²) in [5.74, 6) is 0.801. The van der Waals surface area contributed by atoms with Crippen LogP contribution in [0.5, 0.6) is 0 Å². The van der Waals surface area contributed by atoms with Crippen LogP contribution in [0.4, 0.5) is 5.69 Å². The number of aromatic nitrogens is 3. The molecule has 3 aromatic carbocycles. The van der Waals surface area contributed by atoms with Crippen molar-refractivity contribution in [3.63, 3.8) is 0 Å². The largest absolute Gasteiger partial charge is 0.324 e. The van der Waals surface area contributed by atoms with E-state index in [1.165, 1.54) is 28.1 Å². The Balaban J connectivity index is 1.49. The number of carbonyl (C=O) groups is 1. The van der Waals surface area contributed by atoms with Crippen molar-refractivity contribution in [1.82, 2.24) is 14.8 Å². The predicted octanol–water partition coefficient (Wildman–Crippen LogP) is 6.25. The summed E-state index contributed by atoms with van der Waals surface area (Å²) >= 11 is 13.4. The lowest BCUT2D eigenvalue weighted by atomic mass is 10.0. The van der Waals surface area contributed by atoms with Gasteiger partial charge in [0.1, 0.15) is 5.82 Å². The Morgan fingerprint density at radius 2 is 1.91 bits per heavy atom. The summed E-state index contributed by atoms with van der Waals surface area (Å²) in [5, 5.41) is 15.5. The Bertz CT molecular complexity index is 1280. The standard InChI is InChI=1S/C24H20Cl2N4OS/c1-2-12-30-22(13-17-8-5-7-16-6-3-4-9-19(16)17)28-29-24(30)32-15-23(31)27-21-11-10-18(25)14-20(21)26/h2-11,14H,1,12-13,15H2,(H,27,31). The van der Waals surface area contributed by atoms with Crippen LogP contribution in [0.2, 0.25) is 10.0 Å². The van der Waals surface area contributed by atoms with Crippen LogP contribution in [-0.4, -0.2) is 26.4 Å². The number of amides is 1. The minimum atomic E-state index is -0.192. The molecule has 1 amide bonds. The second-order valence-electron chi connectivity index (χ2n) is 7.07. The summed E-state index contributed by atoms with van der Waals surface area (Å²) < 4.78 is 1.99. The number of fused-ring (bicyclic) bond motifs is 1. The molecule has 0 bridgehead atoms. The first-order valence-electron chi connectivity index (χ1n) is 9.92. The molecule has 0 atom stereocenters. The molecule has 8 heteroatoms. The van der Waals surface area contributed by atoms with Crippen molar-refractivity contribution < 1.29 is 4.79 Å². The van der Waals surface area contributed by atoms with E-state index in [1.54, 1.807) is 24.3 Å². The van der Waals surface area contributed by atoms with E-state index in [4.69, 9.17) is 23.2 Å². The SMILES string of the molecule is C=CCn1c(Cc2cccc3ccccc23)nnc1SCC(=O)Nc1ccc(Cl)cc1Cl. The highest BCUT2D eigenvalue weighted by atomic mass is 35.5. The molecule has 0 radical (unpaired) electrons. The summed E-state index contributed by atoms with van der Waals surface area (Å²) in [6, 6.07) is 19.5. The first kappa shape index (κ1) is 22.4. The highest BCUT2D eigenvalue weighted by Crippen LogP contribution is 2.27. The molecule has 5 nitrogen and oxygen atoms in total. The third kappa shape index (κ3) is 5.15. The van der Waals surface area contributed by atoms with Crippen LogP contribution in [0.3, 0.4) is 0 Å². The zero-order valence-electron chi connectivity index (χ0n) is 17.1. The van der Waals surface area contributed by atoms with Gasteiger partial charge in [-0.3, -0.25) is 4.79 Å². The molecule has 1 aromatic heterocycles. The number of hydrogen-bond donors (Lipinski definition) is 1. The Morgan fingerprint density at radius 3 is 2.72 bits per heavy atom. The molecule has 0 unspecified atom stereocenters. The van der Waals surface area contributed by atoms with Crippen molar-refractivity contribution in [1.29, 1.82) is 0 Å². The third-order valence-electron chi connectivity index (χ3n) is 4.87. The van der Waals surface area contributed by atoms with Crippen LogP contribution in [0, 0.1) is 0 Å². The van der Waals surface area contributed by atoms with Crippen molar-refractivity contribution in [2.24, 2.45) is 0 Å². The van der Waals surface area contributed by atoms with Gasteiger partial charge in [0.15, 0.2) is 5.16 Å². The van der Waals surface area contributed by atoms with Gasteiger partial charge in [-0.25, -0.2) is 0 Å². The maximum Gasteiger partial charge on any atom is 0.234 e. The van der Waals surface area contributed by atoms with Crippen molar-refractivity contribution in [3.05, 3.63) is 94.8 Å². The van der Waals surface area contributed by atoms with E-state index in [0.29, 0.717) is 33.9 Å². The van der Waals surface area contributed by atoms with Crippen molar-refractivity contribution in [3.8, 4) is 0 Å². The number of nitrogens with one attached hydrogen (secondary N) is 1. The fourth-order valence-corrected chi connectivity index (χ4v) is 4.62. The van der Waals surface area contributed by atoms with Crippen LogP contribution in [-0.2, 0) is 17.8 Å². The Kier molecular flexibility index (Phi) is 7.15. The first-order chi connectivity index (χ1) is 15.5. The molecule has 0 saturated carbocycles. The van der Waals surface area contributed by atoms with Crippen LogP contribution < -0.4 is 5.32 Å². The second-order valence-corrected chi connectivity index (χ2v) is 8.86. The first-order valence-corrected chi connectivity index (χ1v) is 11.7. The molecule has 4 aromatic rings. The Labute approximate surface area is 200 Å². The molecule has 0 aliphatic rings. The minimum absolute atomic E-state index is 0.169. The summed E-state index contributed by atoms with van der Waals surface area (Å²) in [7, 11) is 0. The molecular weight excluding hydrogens is 463 g/mol. The van der Waals surface area contributed by atoms with Crippen LogP contribution >= 0.6 is 35.0 Å². The summed E-state index contributed by atoms with van der Waals surface area (Å²) in [5.41, 5.74) is 1.69. The Morgan fingerprint density at radius 1 is 1.09 bits per heavy atom. The quantitative estimate of drug-likeness (QED) is 0.238. The monoisotopic (exact) mass is 482 g/mol. The second kappa shape index (κ2) is 10.2. The molecule has 0 aliphatic carbocycles. The number of thioether (sulfide) groups is 1. The van der Waals surface area contributed by atoms with E-state index < -0.39 is 0 Å². The van der Waals surface area contributed by atoms with E-state index in [2.05, 4.69) is 46.4 Å². The number of rotatable bonds is 8. The van der Waals surface area contributed by atoms with E-state index in [1.807, 2.05) is 22.8 Å². The van der Waals surface area contributed by atoms with Crippen molar-refractivity contribution >= 4 is 57.3 Å². The zero-order valence-corrected chi connectivity index (χ0v) is 19.4. The number of allylic oxidation sites excluding steroid dienone is 1. The summed E-state index contributed by atoms with van der Waals surface area (Å²) in [6.45, 7) is 4.41. The molecule has 0 spiro atoms. The smallest absolute Gasteiger partial charge is 0.234 e. The highest BCUT2D eigenvalue weighted by Gasteiger charge is 2.15. The van der Waals surface area contributed by atoms with Crippen molar-refractivity contribution in [2.45, 2.75) is 18.1 Å². The van der Waals surface area contributed by atoms with E-state index in [-0.39, 0.29) is 11.7 Å².